The third-order valence-electron chi connectivity index (χ3n) is 4.45. The van der Waals surface area contributed by atoms with Gasteiger partial charge in [0.1, 0.15) is 5.60 Å². The van der Waals surface area contributed by atoms with Gasteiger partial charge < -0.3 is 4.74 Å². The molecule has 1 aromatic rings. The van der Waals surface area contributed by atoms with E-state index in [0.29, 0.717) is 0 Å². The highest BCUT2D eigenvalue weighted by molar-refractivity contribution is 6.11. The summed E-state index contributed by atoms with van der Waals surface area (Å²) < 4.78 is 5.47. The predicted octanol–water partition coefficient (Wildman–Crippen LogP) is 3.57. The standard InChI is InChI=1S/C18H23N3O2/c1-12-18(5)11-10-13-8-6-7-9-14(13)15(18)19-20-21(12)16(22)23-17(2,3)4/h6-12,20H,1-5H3. The van der Waals surface area contributed by atoms with E-state index in [1.807, 2.05) is 39.8 Å². The number of hydrogen-bond donors (Lipinski definition) is 1. The number of hydrazine groups is 1. The van der Waals surface area contributed by atoms with E-state index in [0.717, 1.165) is 16.8 Å². The second-order valence-corrected chi connectivity index (χ2v) is 7.29. The van der Waals surface area contributed by atoms with Crippen molar-refractivity contribution in [3.8, 4) is 0 Å². The molecule has 1 amide bonds. The first-order chi connectivity index (χ1) is 10.7. The molecular formula is C18H23N3O2. The number of amides is 1. The normalized spacial score (nSPS) is 25.9. The molecule has 0 saturated carbocycles. The highest BCUT2D eigenvalue weighted by Crippen LogP contribution is 2.39. The van der Waals surface area contributed by atoms with Crippen LogP contribution in [0.1, 0.15) is 45.7 Å². The van der Waals surface area contributed by atoms with Gasteiger partial charge in [0, 0.05) is 5.56 Å². The Kier molecular flexibility index (Phi) is 3.47. The molecule has 23 heavy (non-hydrogen) atoms. The van der Waals surface area contributed by atoms with Crippen molar-refractivity contribution < 1.29 is 9.53 Å². The fraction of sp³-hybridized carbons (Fsp3) is 0.444. The number of hydrazone groups is 1. The minimum Gasteiger partial charge on any atom is -0.442 e. The Morgan fingerprint density at radius 3 is 2.74 bits per heavy atom. The van der Waals surface area contributed by atoms with Gasteiger partial charge in [-0.25, -0.2) is 15.3 Å². The molecule has 122 valence electrons. The lowest BCUT2D eigenvalue weighted by Gasteiger charge is -2.45. The Labute approximate surface area is 137 Å². The van der Waals surface area contributed by atoms with E-state index in [9.17, 15) is 4.79 Å². The van der Waals surface area contributed by atoms with Gasteiger partial charge in [0.15, 0.2) is 0 Å². The second-order valence-electron chi connectivity index (χ2n) is 7.29. The van der Waals surface area contributed by atoms with Crippen LogP contribution in [-0.2, 0) is 4.74 Å². The van der Waals surface area contributed by atoms with Crippen molar-refractivity contribution in [2.45, 2.75) is 46.3 Å². The first-order valence-corrected chi connectivity index (χ1v) is 7.87. The third kappa shape index (κ3) is 2.60. The highest BCUT2D eigenvalue weighted by atomic mass is 16.6. The summed E-state index contributed by atoms with van der Waals surface area (Å²) in [7, 11) is 0. The maximum atomic E-state index is 12.4. The Bertz CT molecular complexity index is 702. The summed E-state index contributed by atoms with van der Waals surface area (Å²) in [5.74, 6) is 0. The van der Waals surface area contributed by atoms with Crippen molar-refractivity contribution in [2.75, 3.05) is 0 Å². The quantitative estimate of drug-likeness (QED) is 0.796. The number of ether oxygens (including phenoxy) is 1. The van der Waals surface area contributed by atoms with E-state index in [-0.39, 0.29) is 11.5 Å². The molecule has 2 atom stereocenters. The van der Waals surface area contributed by atoms with Gasteiger partial charge in [-0.3, -0.25) is 0 Å². The summed E-state index contributed by atoms with van der Waals surface area (Å²) in [5, 5.41) is 5.95. The van der Waals surface area contributed by atoms with Crippen LogP contribution in [-0.4, -0.2) is 28.5 Å². The SMILES string of the molecule is CC1N(C(=O)OC(C)(C)C)NN=C2c3ccccc3C=CC21C. The number of rotatable bonds is 0. The van der Waals surface area contributed by atoms with E-state index in [2.05, 4.69) is 41.8 Å². The number of fused-ring (bicyclic) bond motifs is 3. The fourth-order valence-corrected chi connectivity index (χ4v) is 2.98. The maximum Gasteiger partial charge on any atom is 0.430 e. The van der Waals surface area contributed by atoms with Crippen LogP contribution in [0.3, 0.4) is 0 Å². The number of carbonyl (C=O) groups excluding carboxylic acids is 1. The largest absolute Gasteiger partial charge is 0.442 e. The zero-order valence-electron chi connectivity index (χ0n) is 14.3. The van der Waals surface area contributed by atoms with Crippen molar-refractivity contribution in [3.05, 3.63) is 41.5 Å². The lowest BCUT2D eigenvalue weighted by molar-refractivity contribution is -0.00765. The van der Waals surface area contributed by atoms with Crippen LogP contribution in [0.4, 0.5) is 4.79 Å². The topological polar surface area (TPSA) is 53.9 Å². The molecule has 0 aromatic heterocycles. The summed E-state index contributed by atoms with van der Waals surface area (Å²) in [4.78, 5) is 12.4. The Morgan fingerprint density at radius 1 is 1.35 bits per heavy atom. The molecule has 0 fully saturated rings. The average molecular weight is 313 g/mol. The van der Waals surface area contributed by atoms with Gasteiger partial charge in [-0.05, 0) is 40.2 Å². The maximum absolute atomic E-state index is 12.4. The molecule has 1 heterocycles. The van der Waals surface area contributed by atoms with Crippen LogP contribution < -0.4 is 5.53 Å². The van der Waals surface area contributed by atoms with Gasteiger partial charge in [0.25, 0.3) is 0 Å². The Balaban J connectivity index is 1.96. The molecule has 1 aliphatic heterocycles. The van der Waals surface area contributed by atoms with Crippen LogP contribution in [0.5, 0.6) is 0 Å². The molecule has 0 bridgehead atoms. The third-order valence-corrected chi connectivity index (χ3v) is 4.45. The van der Waals surface area contributed by atoms with Crippen LogP contribution >= 0.6 is 0 Å². The molecule has 3 rings (SSSR count). The predicted molar refractivity (Wildman–Crippen MR) is 90.8 cm³/mol. The van der Waals surface area contributed by atoms with Crippen molar-refractivity contribution in [1.29, 1.82) is 0 Å². The fourth-order valence-electron chi connectivity index (χ4n) is 2.98. The van der Waals surface area contributed by atoms with Gasteiger partial charge in [-0.1, -0.05) is 36.4 Å². The molecule has 2 unspecified atom stereocenters. The molecule has 0 saturated heterocycles. The van der Waals surface area contributed by atoms with Crippen molar-refractivity contribution >= 4 is 17.9 Å². The number of nitrogens with one attached hydrogen (secondary N) is 1. The summed E-state index contributed by atoms with van der Waals surface area (Å²) in [6.07, 6.45) is 3.81. The van der Waals surface area contributed by atoms with E-state index in [4.69, 9.17) is 4.74 Å². The van der Waals surface area contributed by atoms with Crippen LogP contribution in [0.25, 0.3) is 6.08 Å². The first kappa shape index (κ1) is 15.6. The highest BCUT2D eigenvalue weighted by Gasteiger charge is 2.46. The Hall–Kier alpha value is -2.30. The summed E-state index contributed by atoms with van der Waals surface area (Å²) in [6.45, 7) is 9.66. The van der Waals surface area contributed by atoms with Gasteiger partial charge in [0.2, 0.25) is 0 Å². The molecule has 0 radical (unpaired) electrons. The van der Waals surface area contributed by atoms with Gasteiger partial charge in [-0.2, -0.15) is 5.10 Å². The lowest BCUT2D eigenvalue weighted by atomic mass is 9.71. The van der Waals surface area contributed by atoms with E-state index < -0.39 is 11.7 Å². The number of nitrogens with zero attached hydrogens (tertiary/aromatic N) is 2. The van der Waals surface area contributed by atoms with Crippen LogP contribution in [0.15, 0.2) is 35.4 Å². The van der Waals surface area contributed by atoms with Gasteiger partial charge >= 0.3 is 6.09 Å². The van der Waals surface area contributed by atoms with E-state index >= 15 is 0 Å². The number of carbonyl (C=O) groups is 1. The molecule has 0 spiro atoms. The number of benzene rings is 1. The van der Waals surface area contributed by atoms with Gasteiger partial charge in [-0.15, -0.1) is 0 Å². The average Bonchev–Trinajstić information content (AvgIpc) is 2.47. The zero-order valence-corrected chi connectivity index (χ0v) is 14.3. The van der Waals surface area contributed by atoms with Crippen LogP contribution in [0, 0.1) is 5.41 Å². The minimum atomic E-state index is -0.543. The zero-order chi connectivity index (χ0) is 16.8. The van der Waals surface area contributed by atoms with E-state index in [1.54, 1.807) is 0 Å². The summed E-state index contributed by atoms with van der Waals surface area (Å²) >= 11 is 0. The Morgan fingerprint density at radius 2 is 2.04 bits per heavy atom. The summed E-state index contributed by atoms with van der Waals surface area (Å²) in [6, 6.07) is 8.02. The van der Waals surface area contributed by atoms with Crippen LogP contribution in [0.2, 0.25) is 0 Å². The lowest BCUT2D eigenvalue weighted by Crippen LogP contribution is -2.60. The molecule has 5 heteroatoms. The van der Waals surface area contributed by atoms with Crippen molar-refractivity contribution in [1.82, 2.24) is 10.5 Å². The van der Waals surface area contributed by atoms with Crippen molar-refractivity contribution in [3.63, 3.8) is 0 Å². The monoisotopic (exact) mass is 313 g/mol. The molecular weight excluding hydrogens is 290 g/mol. The summed E-state index contributed by atoms with van der Waals surface area (Å²) in [5.41, 5.74) is 5.15. The molecule has 5 nitrogen and oxygen atoms in total. The smallest absolute Gasteiger partial charge is 0.430 e. The van der Waals surface area contributed by atoms with E-state index in [1.165, 1.54) is 5.01 Å². The molecule has 2 aliphatic rings. The molecule has 1 N–H and O–H groups in total. The number of hydrogen-bond acceptors (Lipinski definition) is 4. The van der Waals surface area contributed by atoms with Gasteiger partial charge in [0.05, 0.1) is 17.2 Å². The van der Waals surface area contributed by atoms with Crippen molar-refractivity contribution in [2.24, 2.45) is 10.5 Å². The molecule has 1 aliphatic carbocycles. The first-order valence-electron chi connectivity index (χ1n) is 7.87. The molecule has 1 aromatic carbocycles. The minimum absolute atomic E-state index is 0.130. The second kappa shape index (κ2) is 5.11.